The number of nitrogens with zero attached hydrogens (tertiary/aromatic N) is 1. The summed E-state index contributed by atoms with van der Waals surface area (Å²) < 4.78 is 0. The molecule has 0 atom stereocenters. The Labute approximate surface area is 119 Å². The van der Waals surface area contributed by atoms with E-state index in [9.17, 15) is 0 Å². The van der Waals surface area contributed by atoms with Crippen LogP contribution in [0.4, 0.5) is 5.82 Å². The SMILES string of the molecule is Nc1nc(CO)ccc1-c1cc(Cl)cc(Cl)c1Cl. The molecule has 0 saturated heterocycles. The Balaban J connectivity index is 2.62. The van der Waals surface area contributed by atoms with Crippen molar-refractivity contribution in [3.63, 3.8) is 0 Å². The molecular formula is C12H9Cl3N2O. The Hall–Kier alpha value is -1.000. The third-order valence-electron chi connectivity index (χ3n) is 2.43. The number of hydrogen-bond donors (Lipinski definition) is 2. The fourth-order valence-electron chi connectivity index (χ4n) is 1.58. The van der Waals surface area contributed by atoms with Gasteiger partial charge in [0.15, 0.2) is 0 Å². The van der Waals surface area contributed by atoms with Crippen molar-refractivity contribution >= 4 is 40.6 Å². The smallest absolute Gasteiger partial charge is 0.131 e. The molecule has 0 saturated carbocycles. The number of anilines is 1. The third kappa shape index (κ3) is 2.54. The van der Waals surface area contributed by atoms with Crippen LogP contribution in [0.15, 0.2) is 24.3 Å². The van der Waals surface area contributed by atoms with Gasteiger partial charge in [-0.1, -0.05) is 34.8 Å². The lowest BCUT2D eigenvalue weighted by Crippen LogP contribution is -1.98. The second-order valence-electron chi connectivity index (χ2n) is 3.64. The normalized spacial score (nSPS) is 10.7. The van der Waals surface area contributed by atoms with Crippen LogP contribution < -0.4 is 5.73 Å². The molecule has 1 aromatic carbocycles. The molecule has 1 aromatic heterocycles. The molecule has 0 aliphatic heterocycles. The molecule has 3 nitrogen and oxygen atoms in total. The van der Waals surface area contributed by atoms with E-state index in [1.807, 2.05) is 0 Å². The minimum atomic E-state index is -0.172. The summed E-state index contributed by atoms with van der Waals surface area (Å²) in [7, 11) is 0. The van der Waals surface area contributed by atoms with E-state index in [0.717, 1.165) is 0 Å². The molecule has 6 heteroatoms. The average molecular weight is 304 g/mol. The first-order valence-corrected chi connectivity index (χ1v) is 6.17. The van der Waals surface area contributed by atoms with Gasteiger partial charge < -0.3 is 10.8 Å². The van der Waals surface area contributed by atoms with Gasteiger partial charge in [-0.05, 0) is 24.3 Å². The van der Waals surface area contributed by atoms with Gasteiger partial charge in [0.05, 0.1) is 22.3 Å². The van der Waals surface area contributed by atoms with Crippen molar-refractivity contribution in [3.05, 3.63) is 45.0 Å². The Morgan fingerprint density at radius 2 is 1.83 bits per heavy atom. The van der Waals surface area contributed by atoms with Crippen molar-refractivity contribution in [2.75, 3.05) is 5.73 Å². The monoisotopic (exact) mass is 302 g/mol. The summed E-state index contributed by atoms with van der Waals surface area (Å²) in [6.45, 7) is -0.172. The quantitative estimate of drug-likeness (QED) is 0.830. The zero-order chi connectivity index (χ0) is 13.3. The van der Waals surface area contributed by atoms with E-state index in [1.165, 1.54) is 0 Å². The summed E-state index contributed by atoms with van der Waals surface area (Å²) in [6.07, 6.45) is 0. The van der Waals surface area contributed by atoms with Crippen LogP contribution in [0.25, 0.3) is 11.1 Å². The number of rotatable bonds is 2. The van der Waals surface area contributed by atoms with Crippen LogP contribution in [0, 0.1) is 0 Å². The van der Waals surface area contributed by atoms with E-state index >= 15 is 0 Å². The highest BCUT2D eigenvalue weighted by Crippen LogP contribution is 2.38. The maximum absolute atomic E-state index is 8.98. The average Bonchev–Trinajstić information content (AvgIpc) is 2.34. The van der Waals surface area contributed by atoms with Crippen LogP contribution in [0.2, 0.25) is 15.1 Å². The van der Waals surface area contributed by atoms with E-state index < -0.39 is 0 Å². The molecule has 0 spiro atoms. The molecule has 3 N–H and O–H groups in total. The number of pyridine rings is 1. The lowest BCUT2D eigenvalue weighted by molar-refractivity contribution is 0.277. The Kier molecular flexibility index (Phi) is 3.97. The van der Waals surface area contributed by atoms with Crippen molar-refractivity contribution in [2.24, 2.45) is 0 Å². The molecule has 0 amide bonds. The first-order chi connectivity index (χ1) is 8.52. The van der Waals surface area contributed by atoms with E-state index in [1.54, 1.807) is 24.3 Å². The number of aliphatic hydroxyl groups is 1. The molecule has 0 aliphatic rings. The van der Waals surface area contributed by atoms with Crippen molar-refractivity contribution in [1.29, 1.82) is 0 Å². The Morgan fingerprint density at radius 3 is 2.44 bits per heavy atom. The van der Waals surface area contributed by atoms with E-state index in [2.05, 4.69) is 4.98 Å². The van der Waals surface area contributed by atoms with Crippen molar-refractivity contribution in [3.8, 4) is 11.1 Å². The molecule has 1 heterocycles. The Bertz CT molecular complexity index is 602. The van der Waals surface area contributed by atoms with Crippen molar-refractivity contribution in [1.82, 2.24) is 4.98 Å². The second kappa shape index (κ2) is 5.33. The summed E-state index contributed by atoms with van der Waals surface area (Å²) in [6, 6.07) is 6.61. The van der Waals surface area contributed by atoms with Gasteiger partial charge in [-0.15, -0.1) is 0 Å². The predicted octanol–water partition coefficient (Wildman–Crippen LogP) is 3.78. The van der Waals surface area contributed by atoms with Crippen LogP contribution in [0.1, 0.15) is 5.69 Å². The zero-order valence-electron chi connectivity index (χ0n) is 9.12. The van der Waals surface area contributed by atoms with E-state index in [-0.39, 0.29) is 12.4 Å². The zero-order valence-corrected chi connectivity index (χ0v) is 11.4. The van der Waals surface area contributed by atoms with Gasteiger partial charge >= 0.3 is 0 Å². The van der Waals surface area contributed by atoms with Crippen LogP contribution in [0.5, 0.6) is 0 Å². The number of hydrogen-bond acceptors (Lipinski definition) is 3. The standard InChI is InChI=1S/C12H9Cl3N2O/c13-6-3-9(11(15)10(14)4-6)8-2-1-7(5-18)17-12(8)16/h1-4,18H,5H2,(H2,16,17). The molecular weight excluding hydrogens is 295 g/mol. The molecule has 94 valence electrons. The van der Waals surface area contributed by atoms with Crippen LogP contribution in [-0.2, 0) is 6.61 Å². The summed E-state index contributed by atoms with van der Waals surface area (Å²) >= 11 is 18.0. The van der Waals surface area contributed by atoms with Gasteiger partial charge in [0, 0.05) is 16.1 Å². The number of nitrogens with two attached hydrogens (primary N) is 1. The molecule has 0 bridgehead atoms. The minimum Gasteiger partial charge on any atom is -0.390 e. The number of aliphatic hydroxyl groups excluding tert-OH is 1. The fraction of sp³-hybridized carbons (Fsp3) is 0.0833. The van der Waals surface area contributed by atoms with Gasteiger partial charge in [0.25, 0.3) is 0 Å². The number of halogens is 3. The molecule has 2 rings (SSSR count). The van der Waals surface area contributed by atoms with Gasteiger partial charge in [0.2, 0.25) is 0 Å². The molecule has 0 radical (unpaired) electrons. The fourth-order valence-corrected chi connectivity index (χ4v) is 2.29. The topological polar surface area (TPSA) is 59.1 Å². The van der Waals surface area contributed by atoms with Crippen LogP contribution in [-0.4, -0.2) is 10.1 Å². The lowest BCUT2D eigenvalue weighted by Gasteiger charge is -2.10. The van der Waals surface area contributed by atoms with Crippen LogP contribution in [0.3, 0.4) is 0 Å². The molecule has 2 aromatic rings. The lowest BCUT2D eigenvalue weighted by atomic mass is 10.1. The summed E-state index contributed by atoms with van der Waals surface area (Å²) in [5.74, 6) is 0.266. The maximum Gasteiger partial charge on any atom is 0.131 e. The summed E-state index contributed by atoms with van der Waals surface area (Å²) in [5, 5.41) is 10.2. The largest absolute Gasteiger partial charge is 0.390 e. The van der Waals surface area contributed by atoms with Gasteiger partial charge in [0.1, 0.15) is 5.82 Å². The van der Waals surface area contributed by atoms with Gasteiger partial charge in [-0.25, -0.2) is 4.98 Å². The van der Waals surface area contributed by atoms with Crippen molar-refractivity contribution < 1.29 is 5.11 Å². The van der Waals surface area contributed by atoms with Gasteiger partial charge in [-0.3, -0.25) is 0 Å². The molecule has 0 aliphatic carbocycles. The number of nitrogen functional groups attached to an aromatic ring is 1. The second-order valence-corrected chi connectivity index (χ2v) is 4.86. The van der Waals surface area contributed by atoms with E-state index in [0.29, 0.717) is 31.9 Å². The number of aromatic nitrogens is 1. The molecule has 18 heavy (non-hydrogen) atoms. The molecule has 0 fully saturated rings. The first kappa shape index (κ1) is 13.4. The molecule has 0 unspecified atom stereocenters. The highest BCUT2D eigenvalue weighted by Gasteiger charge is 2.12. The highest BCUT2D eigenvalue weighted by molar-refractivity contribution is 6.45. The number of benzene rings is 1. The maximum atomic E-state index is 8.98. The van der Waals surface area contributed by atoms with E-state index in [4.69, 9.17) is 45.6 Å². The van der Waals surface area contributed by atoms with Gasteiger partial charge in [-0.2, -0.15) is 0 Å². The summed E-state index contributed by atoms with van der Waals surface area (Å²) in [5.41, 5.74) is 7.56. The third-order valence-corrected chi connectivity index (χ3v) is 3.45. The van der Waals surface area contributed by atoms with Crippen LogP contribution >= 0.6 is 34.8 Å². The first-order valence-electron chi connectivity index (χ1n) is 5.04. The van der Waals surface area contributed by atoms with Crippen molar-refractivity contribution in [2.45, 2.75) is 6.61 Å². The minimum absolute atomic E-state index is 0.172. The Morgan fingerprint density at radius 1 is 1.11 bits per heavy atom. The highest BCUT2D eigenvalue weighted by atomic mass is 35.5. The summed E-state index contributed by atoms with van der Waals surface area (Å²) in [4.78, 5) is 4.05. The predicted molar refractivity (Wildman–Crippen MR) is 75.0 cm³/mol.